The van der Waals surface area contributed by atoms with Gasteiger partial charge in [-0.2, -0.15) is 0 Å². The number of hydrogen-bond donors (Lipinski definition) is 1. The monoisotopic (exact) mass is 272 g/mol. The minimum atomic E-state index is -1.00. The molecule has 0 amide bonds. The summed E-state index contributed by atoms with van der Waals surface area (Å²) in [5.74, 6) is -1.00. The SMILES string of the molecule is Cc1cc(=O)n(CCc2cccnc2)c(C)c1C(=O)O. The topological polar surface area (TPSA) is 72.2 Å². The van der Waals surface area contributed by atoms with E-state index in [1.807, 2.05) is 12.1 Å². The molecule has 0 unspecified atom stereocenters. The summed E-state index contributed by atoms with van der Waals surface area (Å²) in [4.78, 5) is 27.3. The molecule has 0 aliphatic rings. The molecule has 5 heteroatoms. The Balaban J connectivity index is 2.35. The Labute approximate surface area is 116 Å². The van der Waals surface area contributed by atoms with Gasteiger partial charge in [-0.3, -0.25) is 9.78 Å². The molecule has 2 aromatic rings. The first-order chi connectivity index (χ1) is 9.50. The fourth-order valence-corrected chi connectivity index (χ4v) is 2.31. The van der Waals surface area contributed by atoms with E-state index in [0.29, 0.717) is 24.2 Å². The van der Waals surface area contributed by atoms with E-state index in [2.05, 4.69) is 4.98 Å². The molecular formula is C15H16N2O3. The summed E-state index contributed by atoms with van der Waals surface area (Å²) in [6.45, 7) is 3.75. The molecule has 2 heterocycles. The number of aryl methyl sites for hydroxylation is 2. The van der Waals surface area contributed by atoms with E-state index in [1.54, 1.807) is 26.2 Å². The Morgan fingerprint density at radius 1 is 1.40 bits per heavy atom. The molecule has 0 saturated heterocycles. The number of nitrogens with zero attached hydrogens (tertiary/aromatic N) is 2. The van der Waals surface area contributed by atoms with Crippen molar-refractivity contribution in [2.45, 2.75) is 26.8 Å². The molecule has 0 radical (unpaired) electrons. The second-order valence-corrected chi connectivity index (χ2v) is 4.69. The molecular weight excluding hydrogens is 256 g/mol. The molecule has 104 valence electrons. The van der Waals surface area contributed by atoms with Crippen molar-refractivity contribution in [2.75, 3.05) is 0 Å². The minimum absolute atomic E-state index is 0.172. The van der Waals surface area contributed by atoms with Crippen LogP contribution in [0.5, 0.6) is 0 Å². The van der Waals surface area contributed by atoms with Gasteiger partial charge in [-0.05, 0) is 37.5 Å². The molecule has 1 N–H and O–H groups in total. The second-order valence-electron chi connectivity index (χ2n) is 4.69. The third kappa shape index (κ3) is 2.77. The van der Waals surface area contributed by atoms with E-state index in [0.717, 1.165) is 5.56 Å². The van der Waals surface area contributed by atoms with Crippen LogP contribution in [0.15, 0.2) is 35.4 Å². The number of aromatic nitrogens is 2. The average Bonchev–Trinajstić information content (AvgIpc) is 2.38. The summed E-state index contributed by atoms with van der Waals surface area (Å²) in [5.41, 5.74) is 2.03. The molecule has 0 aliphatic carbocycles. The van der Waals surface area contributed by atoms with Gasteiger partial charge < -0.3 is 9.67 Å². The average molecular weight is 272 g/mol. The molecule has 2 aromatic heterocycles. The number of rotatable bonds is 4. The largest absolute Gasteiger partial charge is 0.478 e. The van der Waals surface area contributed by atoms with Gasteiger partial charge in [0.25, 0.3) is 5.56 Å². The standard InChI is InChI=1S/C15H16N2O3/c1-10-8-13(18)17(11(2)14(10)15(19)20)7-5-12-4-3-6-16-9-12/h3-4,6,8-9H,5,7H2,1-2H3,(H,19,20). The molecule has 2 rings (SSSR count). The lowest BCUT2D eigenvalue weighted by molar-refractivity contribution is 0.0694. The van der Waals surface area contributed by atoms with Crippen molar-refractivity contribution in [1.82, 2.24) is 9.55 Å². The van der Waals surface area contributed by atoms with Crippen LogP contribution >= 0.6 is 0 Å². The second kappa shape index (κ2) is 5.69. The maximum absolute atomic E-state index is 12.0. The lowest BCUT2D eigenvalue weighted by atomic mass is 10.1. The van der Waals surface area contributed by atoms with Gasteiger partial charge in [-0.25, -0.2) is 4.79 Å². The number of carboxylic acid groups (broad SMARTS) is 1. The van der Waals surface area contributed by atoms with E-state index < -0.39 is 5.97 Å². The molecule has 0 aliphatic heterocycles. The summed E-state index contributed by atoms with van der Waals surface area (Å²) in [6.07, 6.45) is 4.07. The number of hydrogen-bond acceptors (Lipinski definition) is 3. The number of aromatic carboxylic acids is 1. The lowest BCUT2D eigenvalue weighted by Crippen LogP contribution is -2.26. The first-order valence-corrected chi connectivity index (χ1v) is 6.34. The van der Waals surface area contributed by atoms with E-state index in [1.165, 1.54) is 10.6 Å². The highest BCUT2D eigenvalue weighted by Gasteiger charge is 2.15. The highest BCUT2D eigenvalue weighted by molar-refractivity contribution is 5.90. The van der Waals surface area contributed by atoms with Crippen LogP contribution in [0.2, 0.25) is 0 Å². The minimum Gasteiger partial charge on any atom is -0.478 e. The Hall–Kier alpha value is -2.43. The van der Waals surface area contributed by atoms with Crippen LogP contribution in [-0.4, -0.2) is 20.6 Å². The molecule has 0 saturated carbocycles. The third-order valence-corrected chi connectivity index (χ3v) is 3.33. The Morgan fingerprint density at radius 2 is 2.15 bits per heavy atom. The predicted molar refractivity (Wildman–Crippen MR) is 75.1 cm³/mol. The van der Waals surface area contributed by atoms with Crippen molar-refractivity contribution in [3.8, 4) is 0 Å². The van der Waals surface area contributed by atoms with Crippen molar-refractivity contribution < 1.29 is 9.90 Å². The number of carbonyl (C=O) groups is 1. The molecule has 5 nitrogen and oxygen atoms in total. The predicted octanol–water partition coefficient (Wildman–Crippen LogP) is 1.80. The van der Waals surface area contributed by atoms with Crippen LogP contribution in [0.1, 0.15) is 27.2 Å². The van der Waals surface area contributed by atoms with Crippen LogP contribution in [-0.2, 0) is 13.0 Å². The van der Waals surface area contributed by atoms with Gasteiger partial charge in [0.05, 0.1) is 5.56 Å². The maximum Gasteiger partial charge on any atom is 0.337 e. The van der Waals surface area contributed by atoms with Crippen LogP contribution in [0.3, 0.4) is 0 Å². The number of carboxylic acids is 1. The normalized spacial score (nSPS) is 10.5. The Morgan fingerprint density at radius 3 is 2.75 bits per heavy atom. The fourth-order valence-electron chi connectivity index (χ4n) is 2.31. The molecule has 0 spiro atoms. The Kier molecular flexibility index (Phi) is 3.98. The summed E-state index contributed by atoms with van der Waals surface area (Å²) < 4.78 is 1.50. The van der Waals surface area contributed by atoms with Crippen molar-refractivity contribution in [3.63, 3.8) is 0 Å². The first-order valence-electron chi connectivity index (χ1n) is 6.34. The third-order valence-electron chi connectivity index (χ3n) is 3.33. The van der Waals surface area contributed by atoms with Gasteiger partial charge >= 0.3 is 5.97 Å². The quantitative estimate of drug-likeness (QED) is 0.921. The highest BCUT2D eigenvalue weighted by Crippen LogP contribution is 2.12. The zero-order valence-corrected chi connectivity index (χ0v) is 11.5. The summed E-state index contributed by atoms with van der Waals surface area (Å²) >= 11 is 0. The van der Waals surface area contributed by atoms with Gasteiger partial charge in [0.1, 0.15) is 0 Å². The maximum atomic E-state index is 12.0. The first kappa shape index (κ1) is 14.0. The zero-order valence-electron chi connectivity index (χ0n) is 11.5. The zero-order chi connectivity index (χ0) is 14.7. The van der Waals surface area contributed by atoms with Crippen LogP contribution < -0.4 is 5.56 Å². The Bertz CT molecular complexity index is 690. The molecule has 0 bridgehead atoms. The van der Waals surface area contributed by atoms with E-state index >= 15 is 0 Å². The lowest BCUT2D eigenvalue weighted by Gasteiger charge is -2.13. The van der Waals surface area contributed by atoms with Crippen LogP contribution in [0, 0.1) is 13.8 Å². The molecule has 20 heavy (non-hydrogen) atoms. The van der Waals surface area contributed by atoms with E-state index in [9.17, 15) is 14.7 Å². The fraction of sp³-hybridized carbons (Fsp3) is 0.267. The molecule has 0 fully saturated rings. The van der Waals surface area contributed by atoms with Crippen molar-refractivity contribution in [1.29, 1.82) is 0 Å². The highest BCUT2D eigenvalue weighted by atomic mass is 16.4. The smallest absolute Gasteiger partial charge is 0.337 e. The summed E-state index contributed by atoms with van der Waals surface area (Å²) in [6, 6.07) is 5.14. The summed E-state index contributed by atoms with van der Waals surface area (Å²) in [7, 11) is 0. The van der Waals surface area contributed by atoms with E-state index in [-0.39, 0.29) is 11.1 Å². The van der Waals surface area contributed by atoms with Crippen molar-refractivity contribution in [3.05, 3.63) is 63.3 Å². The van der Waals surface area contributed by atoms with Crippen LogP contribution in [0.25, 0.3) is 0 Å². The van der Waals surface area contributed by atoms with Gasteiger partial charge in [-0.1, -0.05) is 6.07 Å². The van der Waals surface area contributed by atoms with Gasteiger partial charge in [0, 0.05) is 30.7 Å². The van der Waals surface area contributed by atoms with Gasteiger partial charge in [0.15, 0.2) is 0 Å². The van der Waals surface area contributed by atoms with Crippen molar-refractivity contribution >= 4 is 5.97 Å². The molecule has 0 atom stereocenters. The van der Waals surface area contributed by atoms with E-state index in [4.69, 9.17) is 0 Å². The van der Waals surface area contributed by atoms with Crippen molar-refractivity contribution in [2.24, 2.45) is 0 Å². The molecule has 0 aromatic carbocycles. The summed E-state index contributed by atoms with van der Waals surface area (Å²) in [5, 5.41) is 9.22. The number of pyridine rings is 2. The van der Waals surface area contributed by atoms with Crippen LogP contribution in [0.4, 0.5) is 0 Å². The van der Waals surface area contributed by atoms with Gasteiger partial charge in [0.2, 0.25) is 0 Å². The van der Waals surface area contributed by atoms with Gasteiger partial charge in [-0.15, -0.1) is 0 Å².